The second kappa shape index (κ2) is 8.89. The highest BCUT2D eigenvalue weighted by Crippen LogP contribution is 2.24. The van der Waals surface area contributed by atoms with E-state index >= 15 is 0 Å². The van der Waals surface area contributed by atoms with Crippen molar-refractivity contribution >= 4 is 10.0 Å². The van der Waals surface area contributed by atoms with Gasteiger partial charge < -0.3 is 9.47 Å². The summed E-state index contributed by atoms with van der Waals surface area (Å²) in [6.45, 7) is 4.94. The molecule has 0 amide bonds. The summed E-state index contributed by atoms with van der Waals surface area (Å²) in [6, 6.07) is 0. The van der Waals surface area contributed by atoms with Crippen molar-refractivity contribution in [2.75, 3.05) is 25.5 Å². The van der Waals surface area contributed by atoms with E-state index in [1.165, 1.54) is 6.42 Å². The Balaban J connectivity index is 2.35. The van der Waals surface area contributed by atoms with Crippen molar-refractivity contribution in [3.05, 3.63) is 0 Å². The van der Waals surface area contributed by atoms with Crippen molar-refractivity contribution in [1.29, 1.82) is 0 Å². The first-order valence-corrected chi connectivity index (χ1v) is 8.93. The normalized spacial score (nSPS) is 18.1. The molecule has 1 aliphatic rings. The minimum absolute atomic E-state index is 0.191. The Bertz CT molecular complexity index is 320. The van der Waals surface area contributed by atoms with Crippen LogP contribution < -0.4 is 4.72 Å². The van der Waals surface area contributed by atoms with Crippen LogP contribution in [0.2, 0.25) is 0 Å². The summed E-state index contributed by atoms with van der Waals surface area (Å²) in [4.78, 5) is 0. The molecule has 0 aromatic rings. The fourth-order valence-corrected chi connectivity index (χ4v) is 3.92. The van der Waals surface area contributed by atoms with Crippen LogP contribution in [0.25, 0.3) is 0 Å². The topological polar surface area (TPSA) is 64.6 Å². The van der Waals surface area contributed by atoms with Gasteiger partial charge >= 0.3 is 0 Å². The highest BCUT2D eigenvalue weighted by atomic mass is 32.2. The first-order valence-electron chi connectivity index (χ1n) is 7.28. The van der Waals surface area contributed by atoms with Gasteiger partial charge in [-0.2, -0.15) is 0 Å². The summed E-state index contributed by atoms with van der Waals surface area (Å²) in [5.74, 6) is 0.543. The third-order valence-corrected chi connectivity index (χ3v) is 4.87. The van der Waals surface area contributed by atoms with Crippen LogP contribution in [0.4, 0.5) is 0 Å². The molecule has 0 aromatic heterocycles. The number of nitrogens with one attached hydrogen (secondary N) is 1. The van der Waals surface area contributed by atoms with Crippen molar-refractivity contribution < 1.29 is 17.9 Å². The predicted octanol–water partition coefficient (Wildman–Crippen LogP) is 1.89. The van der Waals surface area contributed by atoms with Crippen LogP contribution in [-0.4, -0.2) is 40.2 Å². The number of hydrogen-bond donors (Lipinski definition) is 1. The lowest BCUT2D eigenvalue weighted by molar-refractivity contribution is -0.130. The third-order valence-electron chi connectivity index (χ3n) is 3.35. The van der Waals surface area contributed by atoms with Crippen molar-refractivity contribution in [3.63, 3.8) is 0 Å². The Labute approximate surface area is 117 Å². The number of rotatable bonds is 9. The number of ether oxygens (including phenoxy) is 2. The molecule has 0 spiro atoms. The molecule has 0 heterocycles. The number of hydrogen-bond acceptors (Lipinski definition) is 4. The summed E-state index contributed by atoms with van der Waals surface area (Å²) < 4.78 is 37.2. The molecule has 114 valence electrons. The van der Waals surface area contributed by atoms with Gasteiger partial charge in [0, 0.05) is 13.2 Å². The fourth-order valence-electron chi connectivity index (χ4n) is 2.46. The smallest absolute Gasteiger partial charge is 0.212 e. The Kier molecular flexibility index (Phi) is 7.90. The Morgan fingerprint density at radius 1 is 1.11 bits per heavy atom. The molecule has 19 heavy (non-hydrogen) atoms. The van der Waals surface area contributed by atoms with Crippen molar-refractivity contribution in [3.8, 4) is 0 Å². The summed E-state index contributed by atoms with van der Waals surface area (Å²) in [7, 11) is -3.22. The van der Waals surface area contributed by atoms with Crippen LogP contribution >= 0.6 is 0 Å². The zero-order valence-corrected chi connectivity index (χ0v) is 12.9. The van der Waals surface area contributed by atoms with E-state index < -0.39 is 16.3 Å². The second-order valence-electron chi connectivity index (χ2n) is 4.97. The van der Waals surface area contributed by atoms with Crippen molar-refractivity contribution in [2.24, 2.45) is 5.92 Å². The van der Waals surface area contributed by atoms with Gasteiger partial charge in [-0.1, -0.05) is 19.3 Å². The third kappa shape index (κ3) is 7.25. The predicted molar refractivity (Wildman–Crippen MR) is 75.4 cm³/mol. The molecule has 1 rings (SSSR count). The average Bonchev–Trinajstić information content (AvgIpc) is 2.37. The molecule has 0 atom stereocenters. The van der Waals surface area contributed by atoms with Gasteiger partial charge in [0.15, 0.2) is 6.29 Å². The quantitative estimate of drug-likeness (QED) is 0.659. The van der Waals surface area contributed by atoms with Gasteiger partial charge in [0.05, 0.1) is 12.3 Å². The van der Waals surface area contributed by atoms with Gasteiger partial charge in [0.25, 0.3) is 0 Å². The first kappa shape index (κ1) is 16.9. The lowest BCUT2D eigenvalue weighted by atomic mass is 9.91. The molecule has 1 aliphatic carbocycles. The van der Waals surface area contributed by atoms with Gasteiger partial charge in [0.2, 0.25) is 10.0 Å². The molecular weight excluding hydrogens is 266 g/mol. The summed E-state index contributed by atoms with van der Waals surface area (Å²) in [5.41, 5.74) is 0. The molecular formula is C13H27NO4S. The summed E-state index contributed by atoms with van der Waals surface area (Å²) in [6.07, 6.45) is 5.11. The maximum Gasteiger partial charge on any atom is 0.212 e. The Hall–Kier alpha value is -0.170. The molecule has 0 saturated heterocycles. The van der Waals surface area contributed by atoms with E-state index in [4.69, 9.17) is 9.47 Å². The average molecular weight is 293 g/mol. The van der Waals surface area contributed by atoms with E-state index in [0.29, 0.717) is 19.1 Å². The van der Waals surface area contributed by atoms with Gasteiger partial charge in [-0.15, -0.1) is 0 Å². The van der Waals surface area contributed by atoms with Crippen LogP contribution in [0, 0.1) is 5.92 Å². The maximum absolute atomic E-state index is 12.0. The SMILES string of the molecule is CCOC(CNS(=O)(=O)CC1CCCCC1)OCC. The molecule has 0 radical (unpaired) electrons. The largest absolute Gasteiger partial charge is 0.352 e. The van der Waals surface area contributed by atoms with Gasteiger partial charge in [0.1, 0.15) is 0 Å². The van der Waals surface area contributed by atoms with Gasteiger partial charge in [-0.3, -0.25) is 0 Å². The lowest BCUT2D eigenvalue weighted by Crippen LogP contribution is -2.38. The highest BCUT2D eigenvalue weighted by molar-refractivity contribution is 7.89. The minimum atomic E-state index is -3.22. The van der Waals surface area contributed by atoms with E-state index in [-0.39, 0.29) is 12.3 Å². The molecule has 0 aliphatic heterocycles. The van der Waals surface area contributed by atoms with Gasteiger partial charge in [-0.25, -0.2) is 13.1 Å². The van der Waals surface area contributed by atoms with Crippen LogP contribution in [0.15, 0.2) is 0 Å². The maximum atomic E-state index is 12.0. The molecule has 1 saturated carbocycles. The molecule has 0 unspecified atom stereocenters. The number of sulfonamides is 1. The molecule has 0 bridgehead atoms. The highest BCUT2D eigenvalue weighted by Gasteiger charge is 2.22. The Morgan fingerprint density at radius 2 is 1.68 bits per heavy atom. The zero-order valence-electron chi connectivity index (χ0n) is 12.1. The van der Waals surface area contributed by atoms with Crippen LogP contribution in [-0.2, 0) is 19.5 Å². The molecule has 1 fully saturated rings. The van der Waals surface area contributed by atoms with Gasteiger partial charge in [-0.05, 0) is 32.6 Å². The molecule has 5 nitrogen and oxygen atoms in total. The van der Waals surface area contributed by atoms with E-state index in [1.807, 2.05) is 13.8 Å². The van der Waals surface area contributed by atoms with Crippen molar-refractivity contribution in [1.82, 2.24) is 4.72 Å². The Morgan fingerprint density at radius 3 is 2.21 bits per heavy atom. The standard InChI is InChI=1S/C13H27NO4S/c1-3-17-13(18-4-2)10-14-19(15,16)11-12-8-6-5-7-9-12/h12-14H,3-11H2,1-2H3. The van der Waals surface area contributed by atoms with E-state index in [2.05, 4.69) is 4.72 Å². The van der Waals surface area contributed by atoms with Crippen molar-refractivity contribution in [2.45, 2.75) is 52.2 Å². The fraction of sp³-hybridized carbons (Fsp3) is 1.00. The lowest BCUT2D eigenvalue weighted by Gasteiger charge is -2.22. The first-order chi connectivity index (χ1) is 9.07. The van der Waals surface area contributed by atoms with E-state index in [9.17, 15) is 8.42 Å². The molecule has 6 heteroatoms. The van der Waals surface area contributed by atoms with Crippen LogP contribution in [0.1, 0.15) is 46.0 Å². The van der Waals surface area contributed by atoms with E-state index in [0.717, 1.165) is 25.7 Å². The second-order valence-corrected chi connectivity index (χ2v) is 6.83. The zero-order chi connectivity index (χ0) is 14.1. The minimum Gasteiger partial charge on any atom is -0.352 e. The molecule has 1 N–H and O–H groups in total. The van der Waals surface area contributed by atoms with Crippen LogP contribution in [0.3, 0.4) is 0 Å². The monoisotopic (exact) mass is 293 g/mol. The van der Waals surface area contributed by atoms with E-state index in [1.54, 1.807) is 0 Å². The summed E-state index contributed by atoms with van der Waals surface area (Å²) in [5, 5.41) is 0. The summed E-state index contributed by atoms with van der Waals surface area (Å²) >= 11 is 0. The van der Waals surface area contributed by atoms with Crippen LogP contribution in [0.5, 0.6) is 0 Å². The molecule has 0 aromatic carbocycles.